The number of aliphatic hydroxyl groups is 1. The van der Waals surface area contributed by atoms with Gasteiger partial charge in [0.25, 0.3) is 0 Å². The highest BCUT2D eigenvalue weighted by Crippen LogP contribution is 2.40. The Labute approximate surface area is 174 Å². The summed E-state index contributed by atoms with van der Waals surface area (Å²) in [6.07, 6.45) is 3.07. The molecule has 0 aliphatic rings. The second kappa shape index (κ2) is 9.23. The lowest BCUT2D eigenvalue weighted by atomic mass is 9.84. The van der Waals surface area contributed by atoms with Crippen LogP contribution < -0.4 is 4.74 Å². The first kappa shape index (κ1) is 21.1. The molecule has 0 saturated carbocycles. The summed E-state index contributed by atoms with van der Waals surface area (Å²) in [7, 11) is 0. The topological polar surface area (TPSA) is 42.4 Å². The Hall–Kier alpha value is -2.65. The van der Waals surface area contributed by atoms with Crippen LogP contribution in [-0.2, 0) is 5.41 Å². The predicted octanol–water partition coefficient (Wildman–Crippen LogP) is 6.31. The van der Waals surface area contributed by atoms with E-state index in [1.807, 2.05) is 36.4 Å². The Balaban J connectivity index is 2.04. The molecule has 1 heterocycles. The van der Waals surface area contributed by atoms with Crippen molar-refractivity contribution in [2.75, 3.05) is 6.61 Å². The molecule has 0 spiro atoms. The van der Waals surface area contributed by atoms with Gasteiger partial charge in [0.1, 0.15) is 11.9 Å². The van der Waals surface area contributed by atoms with Gasteiger partial charge in [-0.15, -0.1) is 0 Å². The molecule has 1 unspecified atom stereocenters. The van der Waals surface area contributed by atoms with Crippen LogP contribution in [0.1, 0.15) is 63.5 Å². The van der Waals surface area contributed by atoms with E-state index in [1.165, 1.54) is 5.56 Å². The third kappa shape index (κ3) is 5.04. The minimum Gasteiger partial charge on any atom is -0.493 e. The molecule has 3 aromatic rings. The van der Waals surface area contributed by atoms with Crippen molar-refractivity contribution in [1.29, 1.82) is 0 Å². The number of benzene rings is 2. The van der Waals surface area contributed by atoms with Crippen LogP contribution in [0.3, 0.4) is 0 Å². The monoisotopic (exact) mass is 389 g/mol. The van der Waals surface area contributed by atoms with Crippen LogP contribution in [0, 0.1) is 0 Å². The van der Waals surface area contributed by atoms with Crippen LogP contribution in [0.5, 0.6) is 5.75 Å². The molecule has 1 N–H and O–H groups in total. The van der Waals surface area contributed by atoms with Crippen molar-refractivity contribution in [1.82, 2.24) is 4.98 Å². The van der Waals surface area contributed by atoms with Crippen molar-refractivity contribution in [2.24, 2.45) is 0 Å². The zero-order valence-corrected chi connectivity index (χ0v) is 17.9. The Kier molecular flexibility index (Phi) is 6.71. The Morgan fingerprint density at radius 3 is 2.48 bits per heavy atom. The molecule has 1 atom stereocenters. The Morgan fingerprint density at radius 2 is 1.79 bits per heavy atom. The third-order valence-corrected chi connectivity index (χ3v) is 5.05. The van der Waals surface area contributed by atoms with E-state index < -0.39 is 6.10 Å². The number of rotatable bonds is 7. The van der Waals surface area contributed by atoms with E-state index in [-0.39, 0.29) is 5.41 Å². The van der Waals surface area contributed by atoms with Gasteiger partial charge in [0.05, 0.1) is 12.3 Å². The number of unbranched alkanes of at least 4 members (excludes halogenated alkanes) is 1. The number of ether oxygens (including phenoxy) is 1. The van der Waals surface area contributed by atoms with Crippen LogP contribution in [0.2, 0.25) is 0 Å². The number of para-hydroxylation sites is 1. The number of pyridine rings is 1. The summed E-state index contributed by atoms with van der Waals surface area (Å²) >= 11 is 0. The number of hydrogen-bond acceptors (Lipinski definition) is 3. The normalized spacial score (nSPS) is 12.6. The largest absolute Gasteiger partial charge is 0.493 e. The molecule has 3 heteroatoms. The van der Waals surface area contributed by atoms with Gasteiger partial charge in [0.2, 0.25) is 0 Å². The quantitative estimate of drug-likeness (QED) is 0.482. The summed E-state index contributed by atoms with van der Waals surface area (Å²) in [5, 5.41) is 10.8. The maximum atomic E-state index is 10.8. The van der Waals surface area contributed by atoms with E-state index in [4.69, 9.17) is 4.74 Å². The summed E-state index contributed by atoms with van der Waals surface area (Å²) in [6.45, 7) is 9.50. The first-order valence-corrected chi connectivity index (χ1v) is 10.4. The Morgan fingerprint density at radius 1 is 1.00 bits per heavy atom. The molecule has 0 bridgehead atoms. The summed E-state index contributed by atoms with van der Waals surface area (Å²) in [5.74, 6) is 0.943. The van der Waals surface area contributed by atoms with Crippen molar-refractivity contribution < 1.29 is 9.84 Å². The fourth-order valence-corrected chi connectivity index (χ4v) is 3.41. The van der Waals surface area contributed by atoms with E-state index in [9.17, 15) is 5.11 Å². The molecule has 3 nitrogen and oxygen atoms in total. The number of aliphatic hydroxyl groups excluding tert-OH is 1. The fraction of sp³-hybridized carbons (Fsp3) is 0.346. The molecule has 29 heavy (non-hydrogen) atoms. The summed E-state index contributed by atoms with van der Waals surface area (Å²) in [6, 6.07) is 20.0. The maximum Gasteiger partial charge on any atom is 0.130 e. The summed E-state index contributed by atoms with van der Waals surface area (Å²) in [5.41, 5.74) is 4.73. The number of nitrogens with zero attached hydrogens (tertiary/aromatic N) is 1. The fourth-order valence-electron chi connectivity index (χ4n) is 3.41. The van der Waals surface area contributed by atoms with Crippen molar-refractivity contribution in [3.05, 3.63) is 83.7 Å². The summed E-state index contributed by atoms with van der Waals surface area (Å²) in [4.78, 5) is 4.30. The second-order valence-corrected chi connectivity index (χ2v) is 8.42. The molecule has 3 rings (SSSR count). The van der Waals surface area contributed by atoms with E-state index in [2.05, 4.69) is 56.9 Å². The minimum absolute atomic E-state index is 0.0252. The van der Waals surface area contributed by atoms with Crippen LogP contribution >= 0.6 is 0 Å². The molecular weight excluding hydrogens is 358 g/mol. The zero-order valence-electron chi connectivity index (χ0n) is 17.9. The van der Waals surface area contributed by atoms with Crippen LogP contribution in [0.15, 0.2) is 66.9 Å². The van der Waals surface area contributed by atoms with Gasteiger partial charge < -0.3 is 9.84 Å². The lowest BCUT2D eigenvalue weighted by Gasteiger charge is -2.25. The van der Waals surface area contributed by atoms with Gasteiger partial charge >= 0.3 is 0 Å². The highest BCUT2D eigenvalue weighted by Gasteiger charge is 2.22. The SMILES string of the molecule is CCCCOc1c(-c2cccc(C(O)c3ccccn3)c2)cccc1C(C)(C)C. The van der Waals surface area contributed by atoms with Gasteiger partial charge in [0, 0.05) is 17.3 Å². The Bertz CT molecular complexity index is 929. The van der Waals surface area contributed by atoms with E-state index in [0.717, 1.165) is 35.3 Å². The smallest absolute Gasteiger partial charge is 0.130 e. The molecule has 0 amide bonds. The van der Waals surface area contributed by atoms with E-state index >= 15 is 0 Å². The van der Waals surface area contributed by atoms with Crippen molar-refractivity contribution >= 4 is 0 Å². The molecule has 0 radical (unpaired) electrons. The van der Waals surface area contributed by atoms with Gasteiger partial charge in [-0.2, -0.15) is 0 Å². The van der Waals surface area contributed by atoms with Gasteiger partial charge in [-0.05, 0) is 41.2 Å². The molecule has 0 fully saturated rings. The average molecular weight is 390 g/mol. The highest BCUT2D eigenvalue weighted by molar-refractivity contribution is 5.73. The molecule has 2 aromatic carbocycles. The maximum absolute atomic E-state index is 10.8. The molecule has 0 aliphatic heterocycles. The molecule has 0 saturated heterocycles. The third-order valence-electron chi connectivity index (χ3n) is 5.05. The first-order chi connectivity index (χ1) is 13.9. The van der Waals surface area contributed by atoms with Gasteiger partial charge in [-0.25, -0.2) is 0 Å². The van der Waals surface area contributed by atoms with Crippen molar-refractivity contribution in [2.45, 2.75) is 52.1 Å². The van der Waals surface area contributed by atoms with Crippen LogP contribution in [-0.4, -0.2) is 16.7 Å². The molecule has 152 valence electrons. The molecular formula is C26H31NO2. The number of hydrogen-bond donors (Lipinski definition) is 1. The van der Waals surface area contributed by atoms with E-state index in [0.29, 0.717) is 12.3 Å². The number of aromatic nitrogens is 1. The van der Waals surface area contributed by atoms with Crippen LogP contribution in [0.4, 0.5) is 0 Å². The summed E-state index contributed by atoms with van der Waals surface area (Å²) < 4.78 is 6.30. The lowest BCUT2D eigenvalue weighted by molar-refractivity contribution is 0.215. The first-order valence-electron chi connectivity index (χ1n) is 10.4. The molecule has 1 aromatic heterocycles. The highest BCUT2D eigenvalue weighted by atomic mass is 16.5. The van der Waals surface area contributed by atoms with Gasteiger partial charge in [0.15, 0.2) is 0 Å². The zero-order chi connectivity index (χ0) is 20.9. The van der Waals surface area contributed by atoms with Crippen molar-refractivity contribution in [3.8, 4) is 16.9 Å². The van der Waals surface area contributed by atoms with Gasteiger partial charge in [-0.3, -0.25) is 4.98 Å². The van der Waals surface area contributed by atoms with E-state index in [1.54, 1.807) is 6.20 Å². The predicted molar refractivity (Wildman–Crippen MR) is 119 cm³/mol. The lowest BCUT2D eigenvalue weighted by Crippen LogP contribution is -2.14. The van der Waals surface area contributed by atoms with Crippen molar-refractivity contribution in [3.63, 3.8) is 0 Å². The van der Waals surface area contributed by atoms with Gasteiger partial charge in [-0.1, -0.05) is 76.6 Å². The molecule has 0 aliphatic carbocycles. The minimum atomic E-state index is -0.758. The second-order valence-electron chi connectivity index (χ2n) is 8.42. The van der Waals surface area contributed by atoms with Crippen LogP contribution in [0.25, 0.3) is 11.1 Å². The average Bonchev–Trinajstić information content (AvgIpc) is 2.73. The standard InChI is InChI=1S/C26H31NO2/c1-5-6-17-29-25-21(13-10-14-22(25)26(2,3)4)19-11-9-12-20(18-19)24(28)23-15-7-8-16-27-23/h7-16,18,24,28H,5-6,17H2,1-4H3.